The number of halogens is 1. The summed E-state index contributed by atoms with van der Waals surface area (Å²) in [4.78, 5) is 25.0. The number of ether oxygens (including phenoxy) is 1. The number of nitrogens with one attached hydrogen (secondary N) is 2. The fourth-order valence-electron chi connectivity index (χ4n) is 3.90. The highest BCUT2D eigenvalue weighted by atomic mass is 35.5. The lowest BCUT2D eigenvalue weighted by Crippen LogP contribution is -2.29. The quantitative estimate of drug-likeness (QED) is 0.545. The highest BCUT2D eigenvalue weighted by Gasteiger charge is 2.27. The Balaban J connectivity index is 0.00000289. The number of aromatic nitrogens is 2. The van der Waals surface area contributed by atoms with E-state index in [0.717, 1.165) is 37.3 Å². The standard InChI is InChI=1S/C24H26N4O3.ClH/c1-2-31-24(30)18-8-10-19(11-9-18)27-23(29)21-16-26-28(20-6-4-3-5-7-20)22(21)17-12-14-25-15-13-17;/h3-11,16-17,25H,2,12-15H2,1H3,(H,27,29);1H. The number of piperidine rings is 1. The van der Waals surface area contributed by atoms with Gasteiger partial charge in [-0.2, -0.15) is 5.10 Å². The lowest BCUT2D eigenvalue weighted by atomic mass is 9.91. The Labute approximate surface area is 193 Å². The molecule has 1 saturated heterocycles. The van der Waals surface area contributed by atoms with Gasteiger partial charge in [-0.3, -0.25) is 4.79 Å². The first kappa shape index (κ1) is 23.5. The Kier molecular flexibility index (Phi) is 8.03. The lowest BCUT2D eigenvalue weighted by molar-refractivity contribution is 0.0526. The van der Waals surface area contributed by atoms with Crippen molar-refractivity contribution < 1.29 is 14.3 Å². The van der Waals surface area contributed by atoms with Gasteiger partial charge < -0.3 is 15.4 Å². The van der Waals surface area contributed by atoms with Crippen molar-refractivity contribution in [2.75, 3.05) is 25.0 Å². The molecule has 1 aromatic heterocycles. The minimum atomic E-state index is -0.377. The summed E-state index contributed by atoms with van der Waals surface area (Å²) in [6.07, 6.45) is 3.55. The third kappa shape index (κ3) is 5.18. The third-order valence-electron chi connectivity index (χ3n) is 5.43. The van der Waals surface area contributed by atoms with Gasteiger partial charge >= 0.3 is 5.97 Å². The SMILES string of the molecule is CCOC(=O)c1ccc(NC(=O)c2cnn(-c3ccccc3)c2C2CCNCC2)cc1.Cl. The van der Waals surface area contributed by atoms with Crippen molar-refractivity contribution in [2.45, 2.75) is 25.7 Å². The molecule has 4 rings (SSSR count). The highest BCUT2D eigenvalue weighted by molar-refractivity contribution is 6.05. The number of rotatable bonds is 6. The summed E-state index contributed by atoms with van der Waals surface area (Å²) >= 11 is 0. The molecule has 1 aliphatic rings. The van der Waals surface area contributed by atoms with E-state index >= 15 is 0 Å². The zero-order valence-electron chi connectivity index (χ0n) is 17.9. The van der Waals surface area contributed by atoms with Crippen molar-refractivity contribution in [1.82, 2.24) is 15.1 Å². The van der Waals surface area contributed by atoms with Gasteiger partial charge in [0.15, 0.2) is 0 Å². The number of benzene rings is 2. The molecule has 8 heteroatoms. The van der Waals surface area contributed by atoms with Gasteiger partial charge in [0.05, 0.1) is 35.3 Å². The zero-order valence-corrected chi connectivity index (χ0v) is 18.7. The maximum atomic E-state index is 13.2. The molecule has 2 aromatic carbocycles. The van der Waals surface area contributed by atoms with Crippen molar-refractivity contribution >= 4 is 30.0 Å². The van der Waals surface area contributed by atoms with E-state index in [0.29, 0.717) is 23.4 Å². The molecule has 0 spiro atoms. The molecule has 32 heavy (non-hydrogen) atoms. The third-order valence-corrected chi connectivity index (χ3v) is 5.43. The number of carbonyl (C=O) groups excluding carboxylic acids is 2. The molecule has 0 bridgehead atoms. The van der Waals surface area contributed by atoms with E-state index in [2.05, 4.69) is 15.7 Å². The molecule has 0 radical (unpaired) electrons. The maximum absolute atomic E-state index is 13.2. The highest BCUT2D eigenvalue weighted by Crippen LogP contribution is 2.30. The largest absolute Gasteiger partial charge is 0.462 e. The molecule has 0 unspecified atom stereocenters. The van der Waals surface area contributed by atoms with Gasteiger partial charge in [0.25, 0.3) is 5.91 Å². The predicted octanol–water partition coefficient (Wildman–Crippen LogP) is 4.19. The smallest absolute Gasteiger partial charge is 0.338 e. The van der Waals surface area contributed by atoms with E-state index in [1.807, 2.05) is 35.0 Å². The lowest BCUT2D eigenvalue weighted by Gasteiger charge is -2.24. The summed E-state index contributed by atoms with van der Waals surface area (Å²) in [6.45, 7) is 3.92. The van der Waals surface area contributed by atoms with Crippen LogP contribution in [0.5, 0.6) is 0 Å². The molecule has 1 amide bonds. The van der Waals surface area contributed by atoms with Gasteiger partial charge in [-0.05, 0) is 69.3 Å². The normalized spacial score (nSPS) is 13.8. The topological polar surface area (TPSA) is 85.2 Å². The average Bonchev–Trinajstić information content (AvgIpc) is 3.26. The molecule has 168 valence electrons. The molecular weight excluding hydrogens is 428 g/mol. The zero-order chi connectivity index (χ0) is 21.6. The number of nitrogens with zero attached hydrogens (tertiary/aromatic N) is 2. The second kappa shape index (κ2) is 10.9. The Morgan fingerprint density at radius 3 is 2.44 bits per heavy atom. The van der Waals surface area contributed by atoms with E-state index in [-0.39, 0.29) is 30.2 Å². The van der Waals surface area contributed by atoms with Crippen LogP contribution in [0, 0.1) is 0 Å². The van der Waals surface area contributed by atoms with Crippen molar-refractivity contribution in [3.63, 3.8) is 0 Å². The fourth-order valence-corrected chi connectivity index (χ4v) is 3.90. The van der Waals surface area contributed by atoms with Crippen LogP contribution in [-0.2, 0) is 4.74 Å². The Morgan fingerprint density at radius 2 is 1.78 bits per heavy atom. The molecular formula is C24H27ClN4O3. The van der Waals surface area contributed by atoms with Gasteiger partial charge in [-0.25, -0.2) is 9.48 Å². The van der Waals surface area contributed by atoms with E-state index < -0.39 is 0 Å². The van der Waals surface area contributed by atoms with Crippen LogP contribution in [-0.4, -0.2) is 41.4 Å². The molecule has 2 heterocycles. The fraction of sp³-hybridized carbons (Fsp3) is 0.292. The first-order valence-electron chi connectivity index (χ1n) is 10.6. The predicted molar refractivity (Wildman–Crippen MR) is 126 cm³/mol. The Morgan fingerprint density at radius 1 is 1.09 bits per heavy atom. The van der Waals surface area contributed by atoms with Crippen LogP contribution < -0.4 is 10.6 Å². The maximum Gasteiger partial charge on any atom is 0.338 e. The van der Waals surface area contributed by atoms with Crippen LogP contribution in [0.2, 0.25) is 0 Å². The number of carbonyl (C=O) groups is 2. The van der Waals surface area contributed by atoms with Gasteiger partial charge in [0.1, 0.15) is 0 Å². The van der Waals surface area contributed by atoms with Crippen molar-refractivity contribution in [1.29, 1.82) is 0 Å². The first-order valence-corrected chi connectivity index (χ1v) is 10.6. The van der Waals surface area contributed by atoms with Crippen molar-refractivity contribution in [3.05, 3.63) is 77.6 Å². The summed E-state index contributed by atoms with van der Waals surface area (Å²) in [7, 11) is 0. The monoisotopic (exact) mass is 454 g/mol. The van der Waals surface area contributed by atoms with Gasteiger partial charge in [-0.15, -0.1) is 12.4 Å². The van der Waals surface area contributed by atoms with Crippen LogP contribution in [0.15, 0.2) is 60.8 Å². The van der Waals surface area contributed by atoms with Crippen LogP contribution in [0.4, 0.5) is 5.69 Å². The second-order valence-corrected chi connectivity index (χ2v) is 7.47. The van der Waals surface area contributed by atoms with Crippen molar-refractivity contribution in [3.8, 4) is 5.69 Å². The Hall–Kier alpha value is -3.16. The Bertz CT molecular complexity index is 1040. The molecule has 0 aliphatic carbocycles. The summed E-state index contributed by atoms with van der Waals surface area (Å²) < 4.78 is 6.89. The summed E-state index contributed by atoms with van der Waals surface area (Å²) in [5, 5.41) is 10.9. The van der Waals surface area contributed by atoms with Gasteiger partial charge in [-0.1, -0.05) is 18.2 Å². The van der Waals surface area contributed by atoms with E-state index in [1.165, 1.54) is 0 Å². The van der Waals surface area contributed by atoms with Crippen LogP contribution in [0.25, 0.3) is 5.69 Å². The number of para-hydroxylation sites is 1. The van der Waals surface area contributed by atoms with E-state index in [4.69, 9.17) is 4.74 Å². The van der Waals surface area contributed by atoms with E-state index in [9.17, 15) is 9.59 Å². The molecule has 0 atom stereocenters. The number of amides is 1. The number of hydrogen-bond donors (Lipinski definition) is 2. The minimum Gasteiger partial charge on any atom is -0.462 e. The molecule has 1 fully saturated rings. The molecule has 0 saturated carbocycles. The number of esters is 1. The molecule has 3 aromatic rings. The van der Waals surface area contributed by atoms with Gasteiger partial charge in [0, 0.05) is 11.6 Å². The van der Waals surface area contributed by atoms with Crippen molar-refractivity contribution in [2.24, 2.45) is 0 Å². The first-order chi connectivity index (χ1) is 15.2. The molecule has 7 nitrogen and oxygen atoms in total. The second-order valence-electron chi connectivity index (χ2n) is 7.47. The van der Waals surface area contributed by atoms with Crippen LogP contribution >= 0.6 is 12.4 Å². The summed E-state index contributed by atoms with van der Waals surface area (Å²) in [5.74, 6) is -0.340. The molecule has 1 aliphatic heterocycles. The van der Waals surface area contributed by atoms with Crippen LogP contribution in [0.1, 0.15) is 52.1 Å². The molecule has 2 N–H and O–H groups in total. The van der Waals surface area contributed by atoms with Gasteiger partial charge in [0.2, 0.25) is 0 Å². The summed E-state index contributed by atoms with van der Waals surface area (Å²) in [5.41, 5.74) is 3.52. The average molecular weight is 455 g/mol. The summed E-state index contributed by atoms with van der Waals surface area (Å²) in [6, 6.07) is 16.6. The minimum absolute atomic E-state index is 0. The van der Waals surface area contributed by atoms with Crippen LogP contribution in [0.3, 0.4) is 0 Å². The number of hydrogen-bond acceptors (Lipinski definition) is 5. The van der Waals surface area contributed by atoms with E-state index in [1.54, 1.807) is 37.4 Å². The number of anilines is 1.